The Morgan fingerprint density at radius 2 is 0.839 bits per heavy atom. The minimum atomic E-state index is -0.547. The Balaban J connectivity index is 1.12. The summed E-state index contributed by atoms with van der Waals surface area (Å²) in [6.45, 7) is 0. The number of para-hydroxylation sites is 1. The third kappa shape index (κ3) is 4.98. The SMILES string of the molecule is c1ccc(-c2cccc(-c3cc(-c4ccccc4-c4ccc5c(c4)C4(c6ccccc6O5)c5ccccc5-c5ccccc54)nc(-c4ccccc4)n3)c2)cc1. The molecule has 1 spiro atoms. The van der Waals surface area contributed by atoms with Crippen molar-refractivity contribution in [2.45, 2.75) is 5.41 Å². The van der Waals surface area contributed by atoms with Crippen molar-refractivity contribution in [3.63, 3.8) is 0 Å². The van der Waals surface area contributed by atoms with Crippen molar-refractivity contribution in [1.29, 1.82) is 0 Å². The van der Waals surface area contributed by atoms with E-state index in [0.717, 1.165) is 67.4 Å². The molecule has 1 aliphatic carbocycles. The second kappa shape index (κ2) is 12.9. The average Bonchev–Trinajstić information content (AvgIpc) is 3.57. The molecule has 1 aromatic heterocycles. The van der Waals surface area contributed by atoms with E-state index in [9.17, 15) is 0 Å². The Morgan fingerprint density at radius 1 is 0.304 bits per heavy atom. The van der Waals surface area contributed by atoms with E-state index in [1.165, 1.54) is 27.8 Å². The van der Waals surface area contributed by atoms with Crippen molar-refractivity contribution < 1.29 is 4.74 Å². The molecule has 56 heavy (non-hydrogen) atoms. The van der Waals surface area contributed by atoms with Crippen molar-refractivity contribution >= 4 is 0 Å². The number of benzene rings is 8. The summed E-state index contributed by atoms with van der Waals surface area (Å²) < 4.78 is 6.75. The summed E-state index contributed by atoms with van der Waals surface area (Å²) >= 11 is 0. The maximum Gasteiger partial charge on any atom is 0.160 e. The van der Waals surface area contributed by atoms with Gasteiger partial charge in [-0.25, -0.2) is 9.97 Å². The number of fused-ring (bicyclic) bond motifs is 9. The zero-order chi connectivity index (χ0) is 37.1. The summed E-state index contributed by atoms with van der Waals surface area (Å²) in [5.74, 6) is 2.44. The molecule has 0 fully saturated rings. The lowest BCUT2D eigenvalue weighted by atomic mass is 9.65. The summed E-state index contributed by atoms with van der Waals surface area (Å²) in [4.78, 5) is 10.5. The molecule has 0 saturated heterocycles. The van der Waals surface area contributed by atoms with Crippen LogP contribution in [0.5, 0.6) is 11.5 Å². The van der Waals surface area contributed by atoms with Gasteiger partial charge in [-0.3, -0.25) is 0 Å². The standard InChI is InChI=1S/C53H34N2O/c1-3-16-35(17-4-1)37-20-15-21-39(32-37)48-34-49(55-52(54-48)36-18-5-2-6-19-36)43-25-8-7-22-40(43)38-30-31-51-47(33-38)53(46-28-13-14-29-50(46)56-51)44-26-11-9-23-41(44)42-24-10-12-27-45(42)53/h1-34H. The highest BCUT2D eigenvalue weighted by Gasteiger charge is 2.51. The number of aromatic nitrogens is 2. The lowest BCUT2D eigenvalue weighted by Crippen LogP contribution is -2.32. The molecule has 0 bridgehead atoms. The molecule has 0 saturated carbocycles. The number of hydrogen-bond acceptors (Lipinski definition) is 3. The largest absolute Gasteiger partial charge is 0.457 e. The van der Waals surface area contributed by atoms with Crippen LogP contribution in [0.2, 0.25) is 0 Å². The van der Waals surface area contributed by atoms with Gasteiger partial charge in [0.2, 0.25) is 0 Å². The molecular weight excluding hydrogens is 681 g/mol. The minimum Gasteiger partial charge on any atom is -0.457 e. The summed E-state index contributed by atoms with van der Waals surface area (Å²) in [5.41, 5.74) is 16.1. The van der Waals surface area contributed by atoms with Crippen LogP contribution in [-0.2, 0) is 5.41 Å². The quantitative estimate of drug-likeness (QED) is 0.178. The lowest BCUT2D eigenvalue weighted by Gasteiger charge is -2.39. The van der Waals surface area contributed by atoms with Gasteiger partial charge in [0.15, 0.2) is 5.82 Å². The molecule has 0 atom stereocenters. The topological polar surface area (TPSA) is 35.0 Å². The first kappa shape index (κ1) is 32.1. The lowest BCUT2D eigenvalue weighted by molar-refractivity contribution is 0.436. The number of nitrogens with zero attached hydrogens (tertiary/aromatic N) is 2. The fourth-order valence-electron chi connectivity index (χ4n) is 8.92. The van der Waals surface area contributed by atoms with Gasteiger partial charge in [0.25, 0.3) is 0 Å². The van der Waals surface area contributed by atoms with E-state index in [1.807, 2.05) is 24.3 Å². The third-order valence-electron chi connectivity index (χ3n) is 11.4. The van der Waals surface area contributed by atoms with Crippen LogP contribution in [0.1, 0.15) is 22.3 Å². The molecular formula is C53H34N2O. The van der Waals surface area contributed by atoms with Crippen LogP contribution < -0.4 is 4.74 Å². The molecule has 1 aliphatic heterocycles. The highest BCUT2D eigenvalue weighted by Crippen LogP contribution is 2.62. The predicted octanol–water partition coefficient (Wildman–Crippen LogP) is 13.3. The smallest absolute Gasteiger partial charge is 0.160 e. The summed E-state index contributed by atoms with van der Waals surface area (Å²) in [6.07, 6.45) is 0. The van der Waals surface area contributed by atoms with E-state index >= 15 is 0 Å². The number of hydrogen-bond donors (Lipinski definition) is 0. The molecule has 0 unspecified atom stereocenters. The van der Waals surface area contributed by atoms with Crippen molar-refractivity contribution in [1.82, 2.24) is 9.97 Å². The Hall–Kier alpha value is -7.36. The molecule has 2 aliphatic rings. The Kier molecular flexibility index (Phi) is 7.39. The van der Waals surface area contributed by atoms with Gasteiger partial charge in [0.1, 0.15) is 11.5 Å². The molecule has 8 aromatic carbocycles. The Bertz CT molecular complexity index is 2910. The molecule has 11 rings (SSSR count). The van der Waals surface area contributed by atoms with Gasteiger partial charge in [-0.2, -0.15) is 0 Å². The first-order valence-corrected chi connectivity index (χ1v) is 19.1. The van der Waals surface area contributed by atoms with Crippen LogP contribution in [-0.4, -0.2) is 9.97 Å². The molecule has 9 aromatic rings. The first-order chi connectivity index (χ1) is 27.8. The van der Waals surface area contributed by atoms with Gasteiger partial charge in [-0.05, 0) is 74.8 Å². The fourth-order valence-corrected chi connectivity index (χ4v) is 8.92. The van der Waals surface area contributed by atoms with Gasteiger partial charge in [0.05, 0.1) is 16.8 Å². The zero-order valence-corrected chi connectivity index (χ0v) is 30.4. The second-order valence-corrected chi connectivity index (χ2v) is 14.5. The first-order valence-electron chi connectivity index (χ1n) is 19.1. The van der Waals surface area contributed by atoms with Gasteiger partial charge < -0.3 is 4.74 Å². The highest BCUT2D eigenvalue weighted by atomic mass is 16.5. The Morgan fingerprint density at radius 3 is 1.57 bits per heavy atom. The van der Waals surface area contributed by atoms with Crippen LogP contribution >= 0.6 is 0 Å². The van der Waals surface area contributed by atoms with Gasteiger partial charge in [0, 0.05) is 27.8 Å². The van der Waals surface area contributed by atoms with Crippen molar-refractivity contribution in [3.8, 4) is 78.8 Å². The van der Waals surface area contributed by atoms with Crippen LogP contribution in [0, 0.1) is 0 Å². The van der Waals surface area contributed by atoms with Crippen molar-refractivity contribution in [2.24, 2.45) is 0 Å². The summed E-state index contributed by atoms with van der Waals surface area (Å²) in [5, 5.41) is 0. The molecule has 3 nitrogen and oxygen atoms in total. The van der Waals surface area contributed by atoms with Crippen LogP contribution in [0.3, 0.4) is 0 Å². The third-order valence-corrected chi connectivity index (χ3v) is 11.4. The van der Waals surface area contributed by atoms with Crippen molar-refractivity contribution in [2.75, 3.05) is 0 Å². The minimum absolute atomic E-state index is 0.547. The van der Waals surface area contributed by atoms with E-state index in [1.54, 1.807) is 0 Å². The van der Waals surface area contributed by atoms with Crippen LogP contribution in [0.25, 0.3) is 67.3 Å². The fraction of sp³-hybridized carbons (Fsp3) is 0.0189. The number of ether oxygens (including phenoxy) is 1. The van der Waals surface area contributed by atoms with Gasteiger partial charge >= 0.3 is 0 Å². The second-order valence-electron chi connectivity index (χ2n) is 14.5. The van der Waals surface area contributed by atoms with Crippen LogP contribution in [0.15, 0.2) is 206 Å². The highest BCUT2D eigenvalue weighted by molar-refractivity contribution is 5.91. The van der Waals surface area contributed by atoms with Crippen LogP contribution in [0.4, 0.5) is 0 Å². The van der Waals surface area contributed by atoms with Gasteiger partial charge in [-0.1, -0.05) is 176 Å². The predicted molar refractivity (Wildman–Crippen MR) is 227 cm³/mol. The maximum absolute atomic E-state index is 6.75. The van der Waals surface area contributed by atoms with Crippen molar-refractivity contribution in [3.05, 3.63) is 229 Å². The molecule has 3 heteroatoms. The summed E-state index contributed by atoms with van der Waals surface area (Å²) in [7, 11) is 0. The maximum atomic E-state index is 6.75. The number of rotatable bonds is 5. The zero-order valence-electron chi connectivity index (χ0n) is 30.4. The van der Waals surface area contributed by atoms with E-state index in [0.29, 0.717) is 5.82 Å². The van der Waals surface area contributed by atoms with E-state index in [4.69, 9.17) is 14.7 Å². The van der Waals surface area contributed by atoms with E-state index in [2.05, 4.69) is 182 Å². The molecule has 2 heterocycles. The average molecular weight is 715 g/mol. The van der Waals surface area contributed by atoms with Gasteiger partial charge in [-0.15, -0.1) is 0 Å². The molecule has 0 amide bonds. The normalized spacial score (nSPS) is 12.9. The molecule has 0 N–H and O–H groups in total. The molecule has 0 radical (unpaired) electrons. The van der Waals surface area contributed by atoms with E-state index in [-0.39, 0.29) is 0 Å². The summed E-state index contributed by atoms with van der Waals surface area (Å²) in [6, 6.07) is 73.0. The Labute approximate surface area is 326 Å². The van der Waals surface area contributed by atoms with E-state index < -0.39 is 5.41 Å². The molecule has 262 valence electrons. The monoisotopic (exact) mass is 714 g/mol.